The van der Waals surface area contributed by atoms with Crippen molar-refractivity contribution in [2.24, 2.45) is 0 Å². The number of aliphatic hydroxyl groups excluding tert-OH is 2. The van der Waals surface area contributed by atoms with E-state index in [0.717, 1.165) is 12.1 Å². The Kier molecular flexibility index (Phi) is 7.32. The number of amides is 2. The predicted molar refractivity (Wildman–Crippen MR) is 98.7 cm³/mol. The van der Waals surface area contributed by atoms with Gasteiger partial charge < -0.3 is 30.9 Å². The number of nitrogens with one attached hydrogen (secondary N) is 3. The number of halogens is 4. The number of urea groups is 1. The molecule has 0 heterocycles. The SMILES string of the molecule is O=C(Nc1cc(NCCO)cc(OC(F)(F)F)c1)Nc1cc(Cl)ccc1CO. The third kappa shape index (κ3) is 6.80. The van der Waals surface area contributed by atoms with Crippen LogP contribution in [0.2, 0.25) is 5.02 Å². The first-order chi connectivity index (χ1) is 13.2. The first kappa shape index (κ1) is 21.6. The van der Waals surface area contributed by atoms with Gasteiger partial charge in [-0.05, 0) is 18.2 Å². The van der Waals surface area contributed by atoms with Crippen molar-refractivity contribution < 1.29 is 32.9 Å². The molecular weight excluding hydrogens is 403 g/mol. The maximum absolute atomic E-state index is 12.5. The molecule has 2 amide bonds. The number of hydrogen-bond donors (Lipinski definition) is 5. The number of ether oxygens (including phenoxy) is 1. The van der Waals surface area contributed by atoms with Crippen molar-refractivity contribution in [3.63, 3.8) is 0 Å². The summed E-state index contributed by atoms with van der Waals surface area (Å²) >= 11 is 5.86. The molecule has 2 aromatic carbocycles. The number of benzene rings is 2. The molecule has 0 fully saturated rings. The molecule has 0 aliphatic heterocycles. The topological polar surface area (TPSA) is 103 Å². The van der Waals surface area contributed by atoms with Crippen LogP contribution < -0.4 is 20.7 Å². The van der Waals surface area contributed by atoms with Crippen LogP contribution in [0.5, 0.6) is 5.75 Å². The molecule has 0 unspecified atom stereocenters. The average molecular weight is 420 g/mol. The third-order valence-corrected chi connectivity index (χ3v) is 3.56. The van der Waals surface area contributed by atoms with Crippen LogP contribution in [0.3, 0.4) is 0 Å². The van der Waals surface area contributed by atoms with Crippen molar-refractivity contribution in [3.05, 3.63) is 47.0 Å². The van der Waals surface area contributed by atoms with Gasteiger partial charge in [0.1, 0.15) is 5.75 Å². The largest absolute Gasteiger partial charge is 0.573 e. The van der Waals surface area contributed by atoms with E-state index < -0.39 is 18.1 Å². The number of alkyl halides is 3. The van der Waals surface area contributed by atoms with Gasteiger partial charge in [0, 0.05) is 46.3 Å². The fraction of sp³-hybridized carbons (Fsp3) is 0.235. The number of carbonyl (C=O) groups is 1. The van der Waals surface area contributed by atoms with Crippen LogP contribution >= 0.6 is 11.6 Å². The van der Waals surface area contributed by atoms with E-state index in [1.54, 1.807) is 0 Å². The van der Waals surface area contributed by atoms with Crippen molar-refractivity contribution in [2.75, 3.05) is 29.1 Å². The van der Waals surface area contributed by atoms with Crippen molar-refractivity contribution in [2.45, 2.75) is 13.0 Å². The fourth-order valence-corrected chi connectivity index (χ4v) is 2.43. The summed E-state index contributed by atoms with van der Waals surface area (Å²) in [7, 11) is 0. The maximum atomic E-state index is 12.5. The summed E-state index contributed by atoms with van der Waals surface area (Å²) in [5.41, 5.74) is 0.852. The normalized spacial score (nSPS) is 11.1. The maximum Gasteiger partial charge on any atom is 0.573 e. The second-order valence-corrected chi connectivity index (χ2v) is 5.92. The van der Waals surface area contributed by atoms with Crippen molar-refractivity contribution in [1.82, 2.24) is 0 Å². The molecular formula is C17H17ClF3N3O4. The van der Waals surface area contributed by atoms with E-state index in [0.29, 0.717) is 10.6 Å². The van der Waals surface area contributed by atoms with Crippen LogP contribution in [-0.2, 0) is 6.61 Å². The first-order valence-corrected chi connectivity index (χ1v) is 8.31. The summed E-state index contributed by atoms with van der Waals surface area (Å²) in [4.78, 5) is 12.2. The van der Waals surface area contributed by atoms with Crippen LogP contribution in [0, 0.1) is 0 Å². The van der Waals surface area contributed by atoms with Crippen LogP contribution in [0.25, 0.3) is 0 Å². The monoisotopic (exact) mass is 419 g/mol. The average Bonchev–Trinajstić information content (AvgIpc) is 2.58. The van der Waals surface area contributed by atoms with E-state index in [-0.39, 0.29) is 36.8 Å². The molecule has 7 nitrogen and oxygen atoms in total. The Hall–Kier alpha value is -2.69. The summed E-state index contributed by atoms with van der Waals surface area (Å²) in [6, 6.07) is 7.14. The van der Waals surface area contributed by atoms with Crippen molar-refractivity contribution >= 4 is 34.7 Å². The highest BCUT2D eigenvalue weighted by molar-refractivity contribution is 6.31. The van der Waals surface area contributed by atoms with Crippen LogP contribution in [0.15, 0.2) is 36.4 Å². The minimum Gasteiger partial charge on any atom is -0.406 e. The number of hydrogen-bond acceptors (Lipinski definition) is 5. The van der Waals surface area contributed by atoms with E-state index in [9.17, 15) is 23.1 Å². The Morgan fingerprint density at radius 2 is 1.79 bits per heavy atom. The third-order valence-electron chi connectivity index (χ3n) is 3.33. The Morgan fingerprint density at radius 3 is 2.43 bits per heavy atom. The molecule has 152 valence electrons. The lowest BCUT2D eigenvalue weighted by atomic mass is 10.2. The first-order valence-electron chi connectivity index (χ1n) is 7.93. The zero-order chi connectivity index (χ0) is 20.7. The zero-order valence-corrected chi connectivity index (χ0v) is 15.1. The molecule has 0 bridgehead atoms. The van der Waals surface area contributed by atoms with E-state index in [1.165, 1.54) is 24.3 Å². The minimum absolute atomic E-state index is 0.00673. The molecule has 0 spiro atoms. The Balaban J connectivity index is 2.20. The van der Waals surface area contributed by atoms with Gasteiger partial charge >= 0.3 is 12.4 Å². The van der Waals surface area contributed by atoms with Gasteiger partial charge in [-0.3, -0.25) is 0 Å². The van der Waals surface area contributed by atoms with E-state index in [1.807, 2.05) is 0 Å². The lowest BCUT2D eigenvalue weighted by molar-refractivity contribution is -0.274. The summed E-state index contributed by atoms with van der Waals surface area (Å²) in [5.74, 6) is -0.551. The van der Waals surface area contributed by atoms with Crippen molar-refractivity contribution in [3.8, 4) is 5.75 Å². The van der Waals surface area contributed by atoms with E-state index in [4.69, 9.17) is 16.7 Å². The highest BCUT2D eigenvalue weighted by Crippen LogP contribution is 2.29. The molecule has 0 aliphatic carbocycles. The van der Waals surface area contributed by atoms with Gasteiger partial charge in [-0.2, -0.15) is 0 Å². The smallest absolute Gasteiger partial charge is 0.406 e. The van der Waals surface area contributed by atoms with E-state index >= 15 is 0 Å². The summed E-state index contributed by atoms with van der Waals surface area (Å²) in [5, 5.41) is 26.0. The quantitative estimate of drug-likeness (QED) is 0.470. The molecule has 0 atom stereocenters. The number of aliphatic hydroxyl groups is 2. The summed E-state index contributed by atoms with van der Waals surface area (Å²) in [6.45, 7) is -0.507. The Bertz CT molecular complexity index is 834. The summed E-state index contributed by atoms with van der Waals surface area (Å²) < 4.78 is 41.4. The lowest BCUT2D eigenvalue weighted by Gasteiger charge is -2.15. The Labute approximate surface area is 163 Å². The predicted octanol–water partition coefficient (Wildman–Crippen LogP) is 3.78. The Morgan fingerprint density at radius 1 is 1.07 bits per heavy atom. The molecule has 28 heavy (non-hydrogen) atoms. The second-order valence-electron chi connectivity index (χ2n) is 5.48. The minimum atomic E-state index is -4.91. The highest BCUT2D eigenvalue weighted by Gasteiger charge is 2.31. The lowest BCUT2D eigenvalue weighted by Crippen LogP contribution is -2.21. The molecule has 0 saturated heterocycles. The van der Waals surface area contributed by atoms with Gasteiger partial charge in [-0.15, -0.1) is 13.2 Å². The van der Waals surface area contributed by atoms with E-state index in [2.05, 4.69) is 20.7 Å². The molecule has 5 N–H and O–H groups in total. The van der Waals surface area contributed by atoms with Gasteiger partial charge in [0.05, 0.1) is 13.2 Å². The van der Waals surface area contributed by atoms with Crippen LogP contribution in [0.1, 0.15) is 5.56 Å². The molecule has 0 aliphatic rings. The van der Waals surface area contributed by atoms with Gasteiger partial charge in [-0.1, -0.05) is 17.7 Å². The fourth-order valence-electron chi connectivity index (χ4n) is 2.25. The molecule has 0 aromatic heterocycles. The second kappa shape index (κ2) is 9.49. The van der Waals surface area contributed by atoms with Gasteiger partial charge in [-0.25, -0.2) is 4.79 Å². The van der Waals surface area contributed by atoms with Crippen LogP contribution in [0.4, 0.5) is 35.0 Å². The van der Waals surface area contributed by atoms with Gasteiger partial charge in [0.15, 0.2) is 0 Å². The van der Waals surface area contributed by atoms with Gasteiger partial charge in [0.2, 0.25) is 0 Å². The summed E-state index contributed by atoms with van der Waals surface area (Å²) in [6.07, 6.45) is -4.91. The number of anilines is 3. The molecule has 2 aromatic rings. The number of rotatable bonds is 7. The standard InChI is InChI=1S/C17H17ClF3N3O4/c18-11-2-1-10(9-26)15(5-11)24-16(27)23-13-6-12(22-3-4-25)7-14(8-13)28-17(19,20)21/h1-2,5-8,22,25-26H,3-4,9H2,(H2,23,24,27). The molecule has 0 saturated carbocycles. The van der Waals surface area contributed by atoms with Gasteiger partial charge in [0.25, 0.3) is 0 Å². The van der Waals surface area contributed by atoms with Crippen LogP contribution in [-0.4, -0.2) is 35.8 Å². The molecule has 11 heteroatoms. The molecule has 2 rings (SSSR count). The number of carbonyl (C=O) groups excluding carboxylic acids is 1. The van der Waals surface area contributed by atoms with Crippen molar-refractivity contribution in [1.29, 1.82) is 0 Å². The zero-order valence-electron chi connectivity index (χ0n) is 14.3. The highest BCUT2D eigenvalue weighted by atomic mass is 35.5. The molecule has 0 radical (unpaired) electrons.